The van der Waals surface area contributed by atoms with E-state index in [2.05, 4.69) is 14.6 Å². The molecule has 3 aromatic rings. The van der Waals surface area contributed by atoms with Crippen LogP contribution in [0.1, 0.15) is 26.6 Å². The molecule has 0 bridgehead atoms. The molecule has 3 rings (SSSR count). The minimum Gasteiger partial charge on any atom is -0.455 e. The van der Waals surface area contributed by atoms with E-state index in [1.54, 1.807) is 6.92 Å². The van der Waals surface area contributed by atoms with Gasteiger partial charge in [-0.2, -0.15) is 13.2 Å². The molecule has 0 radical (unpaired) electrons. The summed E-state index contributed by atoms with van der Waals surface area (Å²) in [7, 11) is 0. The Hall–Kier alpha value is -2.04. The number of aromatic nitrogens is 3. The molecule has 0 amide bonds. The molecule has 0 aliphatic carbocycles. The number of halogens is 4. The maximum absolute atomic E-state index is 12.6. The lowest BCUT2D eigenvalue weighted by atomic mass is 10.1. The Morgan fingerprint density at radius 3 is 2.54 bits per heavy atom. The molecular weight excluding hydrogens is 411 g/mol. The maximum atomic E-state index is 12.6. The van der Waals surface area contributed by atoms with Gasteiger partial charge in [-0.1, -0.05) is 28.2 Å². The van der Waals surface area contributed by atoms with E-state index in [1.165, 1.54) is 12.1 Å². The largest absolute Gasteiger partial charge is 0.455 e. The number of rotatable bonds is 4. The van der Waals surface area contributed by atoms with Crippen LogP contribution >= 0.6 is 34.5 Å². The number of aryl methyl sites for hydroxylation is 1. The van der Waals surface area contributed by atoms with Crippen LogP contribution in [0.5, 0.6) is 0 Å². The van der Waals surface area contributed by atoms with E-state index < -0.39 is 17.7 Å². The number of carbonyl (C=O) groups is 1. The monoisotopic (exact) mass is 419 g/mol. The number of carbonyl (C=O) groups excluding carboxylic acids is 1. The Kier molecular flexibility index (Phi) is 5.26. The lowest BCUT2D eigenvalue weighted by molar-refractivity contribution is -0.137. The molecule has 2 heterocycles. The highest BCUT2D eigenvalue weighted by molar-refractivity contribution is 7.17. The highest BCUT2D eigenvalue weighted by Gasteiger charge is 2.30. The second-order valence-electron chi connectivity index (χ2n) is 5.08. The predicted molar refractivity (Wildman–Crippen MR) is 91.3 cm³/mol. The number of esters is 1. The van der Waals surface area contributed by atoms with Crippen LogP contribution in [0.25, 0.3) is 10.6 Å². The minimum atomic E-state index is -4.40. The van der Waals surface area contributed by atoms with E-state index in [0.29, 0.717) is 26.3 Å². The Balaban J connectivity index is 1.76. The second kappa shape index (κ2) is 7.29. The van der Waals surface area contributed by atoms with Gasteiger partial charge in [0.25, 0.3) is 0 Å². The van der Waals surface area contributed by atoms with Gasteiger partial charge >= 0.3 is 12.1 Å². The van der Waals surface area contributed by atoms with Crippen LogP contribution in [-0.2, 0) is 17.5 Å². The molecule has 2 aromatic heterocycles. The summed E-state index contributed by atoms with van der Waals surface area (Å²) in [6.45, 7) is 1.50. The van der Waals surface area contributed by atoms with Crippen molar-refractivity contribution >= 4 is 40.4 Å². The fourth-order valence-corrected chi connectivity index (χ4v) is 3.56. The predicted octanol–water partition coefficient (Wildman–Crippen LogP) is 5.00. The van der Waals surface area contributed by atoms with Crippen LogP contribution in [0.15, 0.2) is 24.3 Å². The second-order valence-corrected chi connectivity index (χ2v) is 7.43. The van der Waals surface area contributed by atoms with Gasteiger partial charge in [0.2, 0.25) is 0 Å². The molecule has 0 saturated carbocycles. The molecular formula is C15H9ClF3N3O2S2. The van der Waals surface area contributed by atoms with Crippen LogP contribution < -0.4 is 0 Å². The van der Waals surface area contributed by atoms with Crippen LogP contribution in [0.2, 0.25) is 4.34 Å². The first-order valence-electron chi connectivity index (χ1n) is 7.04. The Morgan fingerprint density at radius 1 is 1.27 bits per heavy atom. The highest BCUT2D eigenvalue weighted by atomic mass is 35.5. The summed E-state index contributed by atoms with van der Waals surface area (Å²) in [5, 5.41) is 4.17. The normalized spacial score (nSPS) is 11.6. The molecule has 1 aromatic carbocycles. The Morgan fingerprint density at radius 2 is 1.96 bits per heavy atom. The van der Waals surface area contributed by atoms with Crippen molar-refractivity contribution in [3.63, 3.8) is 0 Å². The molecule has 11 heteroatoms. The number of alkyl halides is 3. The fourth-order valence-electron chi connectivity index (χ4n) is 1.99. The lowest BCUT2D eigenvalue weighted by Crippen LogP contribution is -2.05. The standard InChI is InChI=1S/C15H9ClF3N3O2S2/c1-7-11(14(23)24-6-10-12(16)26-22-21-10)25-13(20-7)8-2-4-9(5-3-8)15(17,18)19/h2-5H,6H2,1H3. The summed E-state index contributed by atoms with van der Waals surface area (Å²) in [6, 6.07) is 4.58. The Bertz CT molecular complexity index is 939. The van der Waals surface area contributed by atoms with Crippen molar-refractivity contribution in [3.05, 3.63) is 50.4 Å². The summed E-state index contributed by atoms with van der Waals surface area (Å²) in [6.07, 6.45) is -4.40. The van der Waals surface area contributed by atoms with Crippen molar-refractivity contribution in [2.24, 2.45) is 0 Å². The topological polar surface area (TPSA) is 65.0 Å². The molecule has 0 saturated heterocycles. The third-order valence-electron chi connectivity index (χ3n) is 3.29. The molecule has 26 heavy (non-hydrogen) atoms. The molecule has 0 spiro atoms. The molecule has 0 atom stereocenters. The van der Waals surface area contributed by atoms with Gasteiger partial charge in [0.1, 0.15) is 26.5 Å². The first-order valence-corrected chi connectivity index (χ1v) is 9.01. The van der Waals surface area contributed by atoms with Gasteiger partial charge in [-0.15, -0.1) is 16.4 Å². The van der Waals surface area contributed by atoms with Crippen molar-refractivity contribution in [2.45, 2.75) is 19.7 Å². The smallest absolute Gasteiger partial charge is 0.416 e. The van der Waals surface area contributed by atoms with Gasteiger partial charge in [0, 0.05) is 17.1 Å². The van der Waals surface area contributed by atoms with Gasteiger partial charge in [0.15, 0.2) is 0 Å². The lowest BCUT2D eigenvalue weighted by Gasteiger charge is -2.06. The van der Waals surface area contributed by atoms with E-state index >= 15 is 0 Å². The first-order chi connectivity index (χ1) is 12.3. The number of hydrogen-bond donors (Lipinski definition) is 0. The summed E-state index contributed by atoms with van der Waals surface area (Å²) in [4.78, 5) is 16.7. The van der Waals surface area contributed by atoms with Crippen molar-refractivity contribution in [2.75, 3.05) is 0 Å². The van der Waals surface area contributed by atoms with Gasteiger partial charge in [-0.3, -0.25) is 0 Å². The van der Waals surface area contributed by atoms with Gasteiger partial charge in [0.05, 0.1) is 11.3 Å². The third-order valence-corrected chi connectivity index (χ3v) is 5.46. The van der Waals surface area contributed by atoms with Crippen LogP contribution in [-0.4, -0.2) is 20.5 Å². The SMILES string of the molecule is Cc1nc(-c2ccc(C(F)(F)F)cc2)sc1C(=O)OCc1nnsc1Cl. The molecule has 136 valence electrons. The maximum Gasteiger partial charge on any atom is 0.416 e. The van der Waals surface area contributed by atoms with Gasteiger partial charge < -0.3 is 4.74 Å². The van der Waals surface area contributed by atoms with E-state index in [4.69, 9.17) is 16.3 Å². The van der Waals surface area contributed by atoms with E-state index in [-0.39, 0.29) is 11.5 Å². The average Bonchev–Trinajstić information content (AvgIpc) is 3.18. The van der Waals surface area contributed by atoms with Crippen LogP contribution in [0, 0.1) is 6.92 Å². The fraction of sp³-hybridized carbons (Fsp3) is 0.200. The van der Waals surface area contributed by atoms with Crippen molar-refractivity contribution in [3.8, 4) is 10.6 Å². The number of ether oxygens (including phenoxy) is 1. The van der Waals surface area contributed by atoms with Crippen molar-refractivity contribution in [1.82, 2.24) is 14.6 Å². The van der Waals surface area contributed by atoms with Crippen LogP contribution in [0.4, 0.5) is 13.2 Å². The van der Waals surface area contributed by atoms with Crippen LogP contribution in [0.3, 0.4) is 0 Å². The highest BCUT2D eigenvalue weighted by Crippen LogP contribution is 2.33. The number of hydrogen-bond acceptors (Lipinski definition) is 7. The molecule has 0 N–H and O–H groups in total. The number of thiazole rings is 1. The molecule has 0 unspecified atom stereocenters. The number of nitrogens with zero attached hydrogens (tertiary/aromatic N) is 3. The van der Waals surface area contributed by atoms with E-state index in [0.717, 1.165) is 35.0 Å². The zero-order chi connectivity index (χ0) is 18.9. The molecule has 5 nitrogen and oxygen atoms in total. The molecule has 0 aliphatic heterocycles. The zero-order valence-electron chi connectivity index (χ0n) is 13.0. The minimum absolute atomic E-state index is 0.124. The average molecular weight is 420 g/mol. The van der Waals surface area contributed by atoms with Crippen molar-refractivity contribution < 1.29 is 22.7 Å². The van der Waals surface area contributed by atoms with Crippen molar-refractivity contribution in [1.29, 1.82) is 0 Å². The zero-order valence-corrected chi connectivity index (χ0v) is 15.4. The summed E-state index contributed by atoms with van der Waals surface area (Å²) in [5.74, 6) is -0.609. The number of benzene rings is 1. The van der Waals surface area contributed by atoms with E-state index in [9.17, 15) is 18.0 Å². The van der Waals surface area contributed by atoms with Gasteiger partial charge in [-0.05, 0) is 19.1 Å². The Labute approximate surface area is 158 Å². The first kappa shape index (κ1) is 18.7. The summed E-state index contributed by atoms with van der Waals surface area (Å²) >= 11 is 7.87. The molecule has 0 fully saturated rings. The van der Waals surface area contributed by atoms with Gasteiger partial charge in [-0.25, -0.2) is 9.78 Å². The quantitative estimate of drug-likeness (QED) is 0.557. The third kappa shape index (κ3) is 4.02. The summed E-state index contributed by atoms with van der Waals surface area (Å²) in [5.41, 5.74) is 0.521. The molecule has 0 aliphatic rings. The summed E-state index contributed by atoms with van der Waals surface area (Å²) < 4.78 is 47.0. The van der Waals surface area contributed by atoms with E-state index in [1.807, 2.05) is 0 Å².